The molecule has 0 amide bonds. The lowest BCUT2D eigenvalue weighted by Gasteiger charge is -2.11. The Bertz CT molecular complexity index is 428. The summed E-state index contributed by atoms with van der Waals surface area (Å²) in [5, 5.41) is 0. The van der Waals surface area contributed by atoms with E-state index in [4.69, 9.17) is 4.18 Å². The third kappa shape index (κ3) is 4.77. The van der Waals surface area contributed by atoms with E-state index in [0.29, 0.717) is 6.42 Å². The summed E-state index contributed by atoms with van der Waals surface area (Å²) >= 11 is 3.40. The van der Waals surface area contributed by atoms with Crippen molar-refractivity contribution in [2.75, 3.05) is 6.26 Å². The Hall–Kier alpha value is -0.390. The Labute approximate surface area is 98.7 Å². The van der Waals surface area contributed by atoms with Crippen LogP contribution in [0.15, 0.2) is 28.7 Å². The average Bonchev–Trinajstić information content (AvgIpc) is 2.05. The zero-order valence-corrected chi connectivity index (χ0v) is 11.0. The van der Waals surface area contributed by atoms with E-state index in [0.717, 1.165) is 16.3 Å². The molecule has 0 bridgehead atoms. The van der Waals surface area contributed by atoms with E-state index in [1.807, 2.05) is 24.3 Å². The zero-order chi connectivity index (χ0) is 11.5. The van der Waals surface area contributed by atoms with Crippen molar-refractivity contribution in [1.82, 2.24) is 0 Å². The number of rotatable bonds is 4. The molecular weight excluding hydrogens is 280 g/mol. The minimum Gasteiger partial charge on any atom is -0.267 e. The summed E-state index contributed by atoms with van der Waals surface area (Å²) in [6.45, 7) is 1.74. The van der Waals surface area contributed by atoms with E-state index >= 15 is 0 Å². The van der Waals surface area contributed by atoms with Crippen LogP contribution in [0.5, 0.6) is 0 Å². The van der Waals surface area contributed by atoms with Crippen LogP contribution in [0.1, 0.15) is 12.5 Å². The van der Waals surface area contributed by atoms with Gasteiger partial charge < -0.3 is 0 Å². The summed E-state index contributed by atoms with van der Waals surface area (Å²) < 4.78 is 27.6. The Morgan fingerprint density at radius 2 is 2.00 bits per heavy atom. The van der Waals surface area contributed by atoms with Gasteiger partial charge in [0.1, 0.15) is 0 Å². The first-order valence-corrected chi connectivity index (χ1v) is 7.11. The molecule has 1 rings (SSSR count). The lowest BCUT2D eigenvalue weighted by molar-refractivity contribution is 0.231. The maximum atomic E-state index is 10.9. The fourth-order valence-electron chi connectivity index (χ4n) is 1.31. The van der Waals surface area contributed by atoms with Crippen LogP contribution in [0.3, 0.4) is 0 Å². The van der Waals surface area contributed by atoms with Crippen LogP contribution in [-0.4, -0.2) is 20.8 Å². The standard InChI is InChI=1S/C10H13BrO3S/c1-8(14-15(2,12)13)7-9-5-3-4-6-10(9)11/h3-6,8H,7H2,1-2H3. The second-order valence-corrected chi connectivity index (χ2v) is 5.86. The molecule has 0 aliphatic rings. The third-order valence-electron chi connectivity index (χ3n) is 1.80. The predicted octanol–water partition coefficient (Wildman–Crippen LogP) is 2.36. The van der Waals surface area contributed by atoms with Gasteiger partial charge in [0, 0.05) is 10.9 Å². The van der Waals surface area contributed by atoms with E-state index in [1.54, 1.807) is 6.92 Å². The molecule has 0 fully saturated rings. The lowest BCUT2D eigenvalue weighted by atomic mass is 10.1. The molecule has 84 valence electrons. The number of benzene rings is 1. The van der Waals surface area contributed by atoms with Gasteiger partial charge in [-0.25, -0.2) is 0 Å². The van der Waals surface area contributed by atoms with Crippen LogP contribution in [0.4, 0.5) is 0 Å². The minimum absolute atomic E-state index is 0.348. The van der Waals surface area contributed by atoms with Crippen molar-refractivity contribution in [2.45, 2.75) is 19.4 Å². The highest BCUT2D eigenvalue weighted by Crippen LogP contribution is 2.18. The Morgan fingerprint density at radius 3 is 2.53 bits per heavy atom. The highest BCUT2D eigenvalue weighted by atomic mass is 79.9. The smallest absolute Gasteiger partial charge is 0.264 e. The van der Waals surface area contributed by atoms with Crippen LogP contribution >= 0.6 is 15.9 Å². The van der Waals surface area contributed by atoms with Crippen LogP contribution in [0, 0.1) is 0 Å². The van der Waals surface area contributed by atoms with Crippen LogP contribution in [-0.2, 0) is 20.7 Å². The van der Waals surface area contributed by atoms with Crippen LogP contribution in [0.25, 0.3) is 0 Å². The summed E-state index contributed by atoms with van der Waals surface area (Å²) in [6, 6.07) is 7.68. The molecule has 1 aromatic rings. The van der Waals surface area contributed by atoms with Gasteiger partial charge in [-0.3, -0.25) is 4.18 Å². The van der Waals surface area contributed by atoms with E-state index in [1.165, 1.54) is 0 Å². The minimum atomic E-state index is -3.37. The molecule has 0 aromatic heterocycles. The second-order valence-electron chi connectivity index (χ2n) is 3.41. The van der Waals surface area contributed by atoms with Crippen molar-refractivity contribution in [3.8, 4) is 0 Å². The quantitative estimate of drug-likeness (QED) is 0.800. The molecule has 0 heterocycles. The zero-order valence-electron chi connectivity index (χ0n) is 8.60. The summed E-state index contributed by atoms with van der Waals surface area (Å²) in [7, 11) is -3.37. The normalized spacial score (nSPS) is 13.8. The molecule has 0 saturated carbocycles. The third-order valence-corrected chi connectivity index (χ3v) is 3.26. The molecule has 0 spiro atoms. The first kappa shape index (κ1) is 12.7. The van der Waals surface area contributed by atoms with Gasteiger partial charge in [0.15, 0.2) is 0 Å². The molecule has 0 radical (unpaired) electrons. The molecule has 15 heavy (non-hydrogen) atoms. The van der Waals surface area contributed by atoms with E-state index < -0.39 is 10.1 Å². The first-order valence-electron chi connectivity index (χ1n) is 4.50. The summed E-state index contributed by atoms with van der Waals surface area (Å²) in [6.07, 6.45) is 1.27. The monoisotopic (exact) mass is 292 g/mol. The number of hydrogen-bond acceptors (Lipinski definition) is 3. The second kappa shape index (κ2) is 5.09. The number of hydrogen-bond donors (Lipinski definition) is 0. The predicted molar refractivity (Wildman–Crippen MR) is 63.2 cm³/mol. The van der Waals surface area contributed by atoms with Crippen molar-refractivity contribution in [3.05, 3.63) is 34.3 Å². The van der Waals surface area contributed by atoms with Crippen molar-refractivity contribution in [2.24, 2.45) is 0 Å². The fourth-order valence-corrected chi connectivity index (χ4v) is 2.42. The van der Waals surface area contributed by atoms with Crippen molar-refractivity contribution in [1.29, 1.82) is 0 Å². The molecule has 1 aromatic carbocycles. The molecule has 0 saturated heterocycles. The van der Waals surface area contributed by atoms with E-state index in [9.17, 15) is 8.42 Å². The van der Waals surface area contributed by atoms with Crippen molar-refractivity contribution in [3.63, 3.8) is 0 Å². The van der Waals surface area contributed by atoms with Crippen molar-refractivity contribution < 1.29 is 12.6 Å². The molecular formula is C10H13BrO3S. The lowest BCUT2D eigenvalue weighted by Crippen LogP contribution is -2.16. The van der Waals surface area contributed by atoms with Gasteiger partial charge in [-0.2, -0.15) is 8.42 Å². The Balaban J connectivity index is 2.67. The maximum Gasteiger partial charge on any atom is 0.264 e. The number of halogens is 1. The summed E-state index contributed by atoms with van der Waals surface area (Å²) in [4.78, 5) is 0. The van der Waals surface area contributed by atoms with Gasteiger partial charge in [0.2, 0.25) is 0 Å². The van der Waals surface area contributed by atoms with Crippen LogP contribution in [0.2, 0.25) is 0 Å². The van der Waals surface area contributed by atoms with Gasteiger partial charge in [0.05, 0.1) is 12.4 Å². The molecule has 0 aliphatic carbocycles. The fraction of sp³-hybridized carbons (Fsp3) is 0.400. The van der Waals surface area contributed by atoms with E-state index in [2.05, 4.69) is 15.9 Å². The van der Waals surface area contributed by atoms with Gasteiger partial charge in [-0.05, 0) is 18.6 Å². The summed E-state index contributed by atoms with van der Waals surface area (Å²) in [5.74, 6) is 0. The largest absolute Gasteiger partial charge is 0.267 e. The van der Waals surface area contributed by atoms with E-state index in [-0.39, 0.29) is 6.10 Å². The highest BCUT2D eigenvalue weighted by molar-refractivity contribution is 9.10. The van der Waals surface area contributed by atoms with Gasteiger partial charge in [-0.1, -0.05) is 34.1 Å². The van der Waals surface area contributed by atoms with Gasteiger partial charge in [-0.15, -0.1) is 0 Å². The van der Waals surface area contributed by atoms with Gasteiger partial charge in [0.25, 0.3) is 10.1 Å². The van der Waals surface area contributed by atoms with Gasteiger partial charge >= 0.3 is 0 Å². The average molecular weight is 293 g/mol. The molecule has 0 N–H and O–H groups in total. The van der Waals surface area contributed by atoms with Crippen LogP contribution < -0.4 is 0 Å². The molecule has 0 aliphatic heterocycles. The molecule has 1 atom stereocenters. The summed E-state index contributed by atoms with van der Waals surface area (Å²) in [5.41, 5.74) is 1.04. The SMILES string of the molecule is CC(Cc1ccccc1Br)OS(C)(=O)=O. The topological polar surface area (TPSA) is 43.4 Å². The molecule has 3 nitrogen and oxygen atoms in total. The molecule has 5 heteroatoms. The Morgan fingerprint density at radius 1 is 1.40 bits per heavy atom. The molecule has 1 unspecified atom stereocenters. The van der Waals surface area contributed by atoms with Crippen molar-refractivity contribution >= 4 is 26.0 Å². The first-order chi connectivity index (χ1) is 6.88. The highest BCUT2D eigenvalue weighted by Gasteiger charge is 2.12. The maximum absolute atomic E-state index is 10.9. The Kier molecular flexibility index (Phi) is 4.31.